The van der Waals surface area contributed by atoms with Crippen LogP contribution in [0.25, 0.3) is 11.0 Å². The van der Waals surface area contributed by atoms with Crippen LogP contribution in [0.1, 0.15) is 32.2 Å². The molecule has 0 radical (unpaired) electrons. The molecule has 0 amide bonds. The maximum absolute atomic E-state index is 5.86. The van der Waals surface area contributed by atoms with Gasteiger partial charge in [0, 0.05) is 17.8 Å². The van der Waals surface area contributed by atoms with Gasteiger partial charge in [-0.3, -0.25) is 0 Å². The van der Waals surface area contributed by atoms with E-state index in [9.17, 15) is 0 Å². The lowest BCUT2D eigenvalue weighted by molar-refractivity contribution is 0.395. The third-order valence-corrected chi connectivity index (χ3v) is 3.06. The zero-order valence-corrected chi connectivity index (χ0v) is 11.7. The van der Waals surface area contributed by atoms with E-state index in [1.165, 1.54) is 11.1 Å². The Bertz CT molecular complexity index is 535. The van der Waals surface area contributed by atoms with E-state index < -0.39 is 0 Å². The van der Waals surface area contributed by atoms with Gasteiger partial charge in [-0.2, -0.15) is 0 Å². The molecule has 0 N–H and O–H groups in total. The molecule has 92 valence electrons. The van der Waals surface area contributed by atoms with Gasteiger partial charge in [-0.1, -0.05) is 6.07 Å². The predicted octanol–water partition coefficient (Wildman–Crippen LogP) is 3.88. The highest BCUT2D eigenvalue weighted by atomic mass is 35.5. The van der Waals surface area contributed by atoms with Gasteiger partial charge in [0.05, 0.1) is 11.0 Å². The number of fused-ring (bicyclic) bond motifs is 1. The zero-order chi connectivity index (χ0) is 12.6. The predicted molar refractivity (Wildman–Crippen MR) is 73.9 cm³/mol. The molecule has 2 rings (SSSR count). The number of aryl methyl sites for hydroxylation is 2. The first-order valence-corrected chi connectivity index (χ1v) is 6.51. The van der Waals surface area contributed by atoms with Crippen LogP contribution in [0.3, 0.4) is 0 Å². The van der Waals surface area contributed by atoms with Gasteiger partial charge < -0.3 is 4.57 Å². The van der Waals surface area contributed by atoms with Crippen LogP contribution in [-0.4, -0.2) is 15.4 Å². The molecule has 0 bridgehead atoms. The molecule has 0 saturated carbocycles. The number of imidazole rings is 1. The van der Waals surface area contributed by atoms with Crippen LogP contribution < -0.4 is 0 Å². The van der Waals surface area contributed by atoms with E-state index >= 15 is 0 Å². The zero-order valence-electron chi connectivity index (χ0n) is 10.9. The summed E-state index contributed by atoms with van der Waals surface area (Å²) < 4.78 is 2.30. The van der Waals surface area contributed by atoms with Crippen LogP contribution in [0, 0.1) is 6.92 Å². The maximum Gasteiger partial charge on any atom is 0.111 e. The fraction of sp³-hybridized carbons (Fsp3) is 0.500. The monoisotopic (exact) mass is 250 g/mol. The number of nitrogens with zero attached hydrogens (tertiary/aromatic N) is 2. The molecule has 0 unspecified atom stereocenters. The lowest BCUT2D eigenvalue weighted by Crippen LogP contribution is -2.24. The van der Waals surface area contributed by atoms with Crippen LogP contribution >= 0.6 is 11.6 Å². The molecule has 17 heavy (non-hydrogen) atoms. The van der Waals surface area contributed by atoms with Gasteiger partial charge in [-0.15, -0.1) is 11.6 Å². The first kappa shape index (κ1) is 12.4. The summed E-state index contributed by atoms with van der Waals surface area (Å²) in [6.07, 6.45) is 0.812. The number of benzene rings is 1. The van der Waals surface area contributed by atoms with Gasteiger partial charge in [0.2, 0.25) is 0 Å². The molecule has 1 aromatic heterocycles. The minimum Gasteiger partial charge on any atom is -0.323 e. The highest BCUT2D eigenvalue weighted by molar-refractivity contribution is 6.17. The molecule has 0 saturated heterocycles. The molecule has 0 aliphatic carbocycles. The Morgan fingerprint density at radius 3 is 2.59 bits per heavy atom. The Morgan fingerprint density at radius 1 is 1.29 bits per heavy atom. The molecule has 2 nitrogen and oxygen atoms in total. The van der Waals surface area contributed by atoms with Gasteiger partial charge in [0.25, 0.3) is 0 Å². The van der Waals surface area contributed by atoms with Gasteiger partial charge in [-0.05, 0) is 45.4 Å². The lowest BCUT2D eigenvalue weighted by Gasteiger charge is -2.24. The average molecular weight is 251 g/mol. The minimum absolute atomic E-state index is 0.0317. The fourth-order valence-corrected chi connectivity index (χ4v) is 2.40. The summed E-state index contributed by atoms with van der Waals surface area (Å²) in [5, 5.41) is 0. The highest BCUT2D eigenvalue weighted by Gasteiger charge is 2.20. The van der Waals surface area contributed by atoms with Crippen molar-refractivity contribution in [3.8, 4) is 0 Å². The largest absolute Gasteiger partial charge is 0.323 e. The number of halogens is 1. The Labute approximate surface area is 108 Å². The molecule has 1 aromatic carbocycles. The van der Waals surface area contributed by atoms with Crippen molar-refractivity contribution in [2.24, 2.45) is 0 Å². The second-order valence-corrected chi connectivity index (χ2v) is 5.84. The number of alkyl halides is 1. The van der Waals surface area contributed by atoms with Gasteiger partial charge >= 0.3 is 0 Å². The van der Waals surface area contributed by atoms with Crippen LogP contribution in [0.5, 0.6) is 0 Å². The standard InChI is InChI=1S/C14H19ClN2/c1-10-5-6-11-12(9-10)17(14(2,3)4)13(16-11)7-8-15/h5-6,9H,7-8H2,1-4H3. The van der Waals surface area contributed by atoms with Gasteiger partial charge in [0.15, 0.2) is 0 Å². The molecular weight excluding hydrogens is 232 g/mol. The van der Waals surface area contributed by atoms with E-state index in [0.29, 0.717) is 5.88 Å². The molecule has 2 aromatic rings. The number of hydrogen-bond acceptors (Lipinski definition) is 1. The summed E-state index contributed by atoms with van der Waals surface area (Å²) in [7, 11) is 0. The SMILES string of the molecule is Cc1ccc2nc(CCCl)n(C(C)(C)C)c2c1. The summed E-state index contributed by atoms with van der Waals surface area (Å²) >= 11 is 5.86. The lowest BCUT2D eigenvalue weighted by atomic mass is 10.1. The maximum atomic E-state index is 5.86. The van der Waals surface area contributed by atoms with E-state index in [1.807, 2.05) is 0 Å². The first-order valence-electron chi connectivity index (χ1n) is 5.98. The van der Waals surface area contributed by atoms with Crippen molar-refractivity contribution in [1.29, 1.82) is 0 Å². The summed E-state index contributed by atoms with van der Waals surface area (Å²) in [5.41, 5.74) is 3.56. The normalized spacial score (nSPS) is 12.3. The number of hydrogen-bond donors (Lipinski definition) is 0. The fourth-order valence-electron chi connectivity index (χ4n) is 2.24. The molecular formula is C14H19ClN2. The van der Waals surface area contributed by atoms with E-state index in [4.69, 9.17) is 11.6 Å². The summed E-state index contributed by atoms with van der Waals surface area (Å²) in [5.74, 6) is 1.69. The van der Waals surface area contributed by atoms with Gasteiger partial charge in [-0.25, -0.2) is 4.98 Å². The summed E-state index contributed by atoms with van der Waals surface area (Å²) in [6, 6.07) is 6.39. The Morgan fingerprint density at radius 2 is 2.00 bits per heavy atom. The van der Waals surface area contributed by atoms with Gasteiger partial charge in [0.1, 0.15) is 5.82 Å². The van der Waals surface area contributed by atoms with Crippen molar-refractivity contribution < 1.29 is 0 Å². The second kappa shape index (κ2) is 4.34. The van der Waals surface area contributed by atoms with Crippen LogP contribution in [0.4, 0.5) is 0 Å². The molecule has 0 atom stereocenters. The quantitative estimate of drug-likeness (QED) is 0.740. The first-order chi connectivity index (χ1) is 7.93. The average Bonchev–Trinajstić information content (AvgIpc) is 2.54. The second-order valence-electron chi connectivity index (χ2n) is 5.47. The van der Waals surface area contributed by atoms with E-state index in [0.717, 1.165) is 17.8 Å². The highest BCUT2D eigenvalue weighted by Crippen LogP contribution is 2.26. The third kappa shape index (κ3) is 2.32. The van der Waals surface area contributed by atoms with Crippen LogP contribution in [0.2, 0.25) is 0 Å². The van der Waals surface area contributed by atoms with Crippen molar-refractivity contribution >= 4 is 22.6 Å². The van der Waals surface area contributed by atoms with Crippen molar-refractivity contribution in [3.63, 3.8) is 0 Å². The summed E-state index contributed by atoms with van der Waals surface area (Å²) in [6.45, 7) is 8.72. The topological polar surface area (TPSA) is 17.8 Å². The van der Waals surface area contributed by atoms with Crippen molar-refractivity contribution in [2.45, 2.75) is 39.7 Å². The third-order valence-electron chi connectivity index (χ3n) is 2.87. The summed E-state index contributed by atoms with van der Waals surface area (Å²) in [4.78, 5) is 4.69. The number of rotatable bonds is 2. The minimum atomic E-state index is 0.0317. The molecule has 1 heterocycles. The molecule has 0 aliphatic heterocycles. The Kier molecular flexibility index (Phi) is 3.17. The van der Waals surface area contributed by atoms with Crippen molar-refractivity contribution in [3.05, 3.63) is 29.6 Å². The Hall–Kier alpha value is -1.02. The molecule has 0 aliphatic rings. The smallest absolute Gasteiger partial charge is 0.111 e. The van der Waals surface area contributed by atoms with E-state index in [2.05, 4.69) is 55.4 Å². The number of aromatic nitrogens is 2. The van der Waals surface area contributed by atoms with Crippen LogP contribution in [0.15, 0.2) is 18.2 Å². The van der Waals surface area contributed by atoms with Crippen LogP contribution in [-0.2, 0) is 12.0 Å². The Balaban J connectivity index is 2.73. The van der Waals surface area contributed by atoms with E-state index in [1.54, 1.807) is 0 Å². The molecule has 0 spiro atoms. The molecule has 3 heteroatoms. The molecule has 0 fully saturated rings. The van der Waals surface area contributed by atoms with Crippen molar-refractivity contribution in [2.75, 3.05) is 5.88 Å². The van der Waals surface area contributed by atoms with Crippen molar-refractivity contribution in [1.82, 2.24) is 9.55 Å². The van der Waals surface area contributed by atoms with E-state index in [-0.39, 0.29) is 5.54 Å².